The predicted molar refractivity (Wildman–Crippen MR) is 96.7 cm³/mol. The van der Waals surface area contributed by atoms with Crippen molar-refractivity contribution in [3.8, 4) is 11.1 Å². The first-order valence-corrected chi connectivity index (χ1v) is 8.40. The number of rotatable bonds is 4. The highest BCUT2D eigenvalue weighted by molar-refractivity contribution is 5.94. The van der Waals surface area contributed by atoms with Gasteiger partial charge in [-0.1, -0.05) is 24.3 Å². The molecule has 2 aromatic carbocycles. The first-order chi connectivity index (χ1) is 12.5. The van der Waals surface area contributed by atoms with E-state index < -0.39 is 17.2 Å². The number of aromatic nitrogens is 1. The van der Waals surface area contributed by atoms with E-state index in [1.165, 1.54) is 6.20 Å². The van der Waals surface area contributed by atoms with Crippen LogP contribution in [0.3, 0.4) is 0 Å². The summed E-state index contributed by atoms with van der Waals surface area (Å²) in [7, 11) is 0. The van der Waals surface area contributed by atoms with Gasteiger partial charge in [-0.2, -0.15) is 0 Å². The van der Waals surface area contributed by atoms with Crippen molar-refractivity contribution in [3.63, 3.8) is 0 Å². The van der Waals surface area contributed by atoms with E-state index in [-0.39, 0.29) is 17.0 Å². The van der Waals surface area contributed by atoms with E-state index in [4.69, 9.17) is 5.73 Å². The first kappa shape index (κ1) is 16.5. The molecule has 0 amide bonds. The van der Waals surface area contributed by atoms with Gasteiger partial charge in [-0.3, -0.25) is 4.79 Å². The van der Waals surface area contributed by atoms with Gasteiger partial charge in [0.2, 0.25) is 5.43 Å². The van der Waals surface area contributed by atoms with Crippen LogP contribution in [0.15, 0.2) is 47.4 Å². The Balaban J connectivity index is 1.98. The molecule has 1 aliphatic rings. The van der Waals surface area contributed by atoms with Gasteiger partial charge in [0.25, 0.3) is 0 Å². The molecule has 1 fully saturated rings. The highest BCUT2D eigenvalue weighted by atomic mass is 19.1. The van der Waals surface area contributed by atoms with Crippen molar-refractivity contribution in [2.24, 2.45) is 5.73 Å². The van der Waals surface area contributed by atoms with Crippen molar-refractivity contribution < 1.29 is 14.3 Å². The van der Waals surface area contributed by atoms with Crippen molar-refractivity contribution in [2.45, 2.75) is 25.4 Å². The number of hydrogen-bond donors (Lipinski definition) is 2. The van der Waals surface area contributed by atoms with E-state index >= 15 is 0 Å². The zero-order valence-electron chi connectivity index (χ0n) is 13.9. The molecule has 6 heteroatoms. The molecule has 0 unspecified atom stereocenters. The molecule has 5 nitrogen and oxygen atoms in total. The molecule has 132 valence electrons. The van der Waals surface area contributed by atoms with Gasteiger partial charge in [0.05, 0.1) is 5.52 Å². The number of carboxylic acids is 1. The zero-order chi connectivity index (χ0) is 18.4. The van der Waals surface area contributed by atoms with Crippen molar-refractivity contribution in [1.29, 1.82) is 0 Å². The molecule has 0 saturated heterocycles. The largest absolute Gasteiger partial charge is 0.477 e. The Labute approximate surface area is 148 Å². The Morgan fingerprint density at radius 2 is 1.92 bits per heavy atom. The van der Waals surface area contributed by atoms with Gasteiger partial charge >= 0.3 is 5.97 Å². The molecule has 1 aromatic heterocycles. The minimum absolute atomic E-state index is 0.0941. The average molecular weight is 352 g/mol. The van der Waals surface area contributed by atoms with E-state index in [0.717, 1.165) is 24.5 Å². The number of aromatic carboxylic acids is 1. The van der Waals surface area contributed by atoms with Crippen LogP contribution in [0.1, 0.15) is 34.8 Å². The van der Waals surface area contributed by atoms with Crippen molar-refractivity contribution in [2.75, 3.05) is 0 Å². The summed E-state index contributed by atoms with van der Waals surface area (Å²) in [5.41, 5.74) is 7.16. The second-order valence-electron chi connectivity index (χ2n) is 6.57. The molecule has 0 atom stereocenters. The lowest BCUT2D eigenvalue weighted by Crippen LogP contribution is -2.19. The third-order valence-electron chi connectivity index (χ3n) is 4.79. The van der Waals surface area contributed by atoms with Crippen LogP contribution in [0.5, 0.6) is 0 Å². The molecule has 0 radical (unpaired) electrons. The van der Waals surface area contributed by atoms with Crippen molar-refractivity contribution in [3.05, 3.63) is 69.8 Å². The van der Waals surface area contributed by atoms with Crippen LogP contribution >= 0.6 is 0 Å². The summed E-state index contributed by atoms with van der Waals surface area (Å²) in [5, 5.41) is 9.38. The molecule has 26 heavy (non-hydrogen) atoms. The quantitative estimate of drug-likeness (QED) is 0.754. The van der Waals surface area contributed by atoms with Gasteiger partial charge in [-0.05, 0) is 36.1 Å². The van der Waals surface area contributed by atoms with Gasteiger partial charge < -0.3 is 15.4 Å². The summed E-state index contributed by atoms with van der Waals surface area (Å²) in [5.74, 6) is -1.85. The molecule has 3 aromatic rings. The maximum absolute atomic E-state index is 14.7. The fourth-order valence-corrected chi connectivity index (χ4v) is 3.22. The summed E-state index contributed by atoms with van der Waals surface area (Å²) in [6.45, 7) is 0.402. The minimum Gasteiger partial charge on any atom is -0.477 e. The summed E-state index contributed by atoms with van der Waals surface area (Å²) < 4.78 is 16.5. The standard InChI is InChI=1S/C20H17FN2O3/c21-17-7-15-18(8-14(17)12-3-1-11(9-22)2-4-12)23(13-5-6-13)10-16(19(15)24)20(25)26/h1-4,7-8,10,13H,5-6,9,22H2,(H,25,26). The van der Waals surface area contributed by atoms with E-state index in [1.54, 1.807) is 22.8 Å². The lowest BCUT2D eigenvalue weighted by atomic mass is 10.0. The number of benzene rings is 2. The average Bonchev–Trinajstić information content (AvgIpc) is 3.47. The third kappa shape index (κ3) is 2.68. The number of hydrogen-bond acceptors (Lipinski definition) is 3. The monoisotopic (exact) mass is 352 g/mol. The molecule has 1 heterocycles. The molecule has 3 N–H and O–H groups in total. The number of nitrogens with two attached hydrogens (primary N) is 1. The van der Waals surface area contributed by atoms with Crippen LogP contribution in [0.2, 0.25) is 0 Å². The van der Waals surface area contributed by atoms with Gasteiger partial charge in [0.1, 0.15) is 11.4 Å². The smallest absolute Gasteiger partial charge is 0.341 e. The summed E-state index contributed by atoms with van der Waals surface area (Å²) in [4.78, 5) is 23.9. The SMILES string of the molecule is NCc1ccc(-c2cc3c(cc2F)c(=O)c(C(=O)O)cn3C2CC2)cc1. The number of carboxylic acid groups (broad SMARTS) is 1. The molecule has 1 saturated carbocycles. The van der Waals surface area contributed by atoms with Crippen LogP contribution in [0.4, 0.5) is 4.39 Å². The Morgan fingerprint density at radius 3 is 2.50 bits per heavy atom. The van der Waals surface area contributed by atoms with Crippen LogP contribution in [0, 0.1) is 5.82 Å². The molecule has 0 aliphatic heterocycles. The second-order valence-corrected chi connectivity index (χ2v) is 6.57. The molecular formula is C20H17FN2O3. The summed E-state index contributed by atoms with van der Waals surface area (Å²) in [6.07, 6.45) is 3.20. The lowest BCUT2D eigenvalue weighted by molar-refractivity contribution is 0.0695. The summed E-state index contributed by atoms with van der Waals surface area (Å²) >= 11 is 0. The van der Waals surface area contributed by atoms with Crippen LogP contribution in [-0.2, 0) is 6.54 Å². The maximum Gasteiger partial charge on any atom is 0.341 e. The minimum atomic E-state index is -1.30. The van der Waals surface area contributed by atoms with E-state index in [1.807, 2.05) is 12.1 Å². The number of nitrogens with zero attached hydrogens (tertiary/aromatic N) is 1. The van der Waals surface area contributed by atoms with Gasteiger partial charge in [-0.25, -0.2) is 9.18 Å². The van der Waals surface area contributed by atoms with Crippen LogP contribution in [-0.4, -0.2) is 15.6 Å². The normalized spacial score (nSPS) is 13.9. The maximum atomic E-state index is 14.7. The second kappa shape index (κ2) is 6.07. The topological polar surface area (TPSA) is 85.3 Å². The van der Waals surface area contributed by atoms with Crippen molar-refractivity contribution in [1.82, 2.24) is 4.57 Å². The highest BCUT2D eigenvalue weighted by Crippen LogP contribution is 2.38. The third-order valence-corrected chi connectivity index (χ3v) is 4.79. The highest BCUT2D eigenvalue weighted by Gasteiger charge is 2.27. The lowest BCUT2D eigenvalue weighted by Gasteiger charge is -2.14. The number of fused-ring (bicyclic) bond motifs is 1. The Hall–Kier alpha value is -2.99. The zero-order valence-corrected chi connectivity index (χ0v) is 13.9. The number of halogens is 1. The predicted octanol–water partition coefficient (Wildman–Crippen LogP) is 3.30. The number of pyridine rings is 1. The van der Waals surface area contributed by atoms with E-state index in [0.29, 0.717) is 23.2 Å². The molecular weight excluding hydrogens is 335 g/mol. The Morgan fingerprint density at radius 1 is 1.23 bits per heavy atom. The number of carbonyl (C=O) groups is 1. The molecule has 1 aliphatic carbocycles. The van der Waals surface area contributed by atoms with Crippen LogP contribution in [0.25, 0.3) is 22.0 Å². The van der Waals surface area contributed by atoms with E-state index in [9.17, 15) is 19.1 Å². The first-order valence-electron chi connectivity index (χ1n) is 8.40. The van der Waals surface area contributed by atoms with Gasteiger partial charge in [0.15, 0.2) is 0 Å². The fraction of sp³-hybridized carbons (Fsp3) is 0.200. The van der Waals surface area contributed by atoms with E-state index in [2.05, 4.69) is 0 Å². The molecule has 4 rings (SSSR count). The Bertz CT molecular complexity index is 1080. The van der Waals surface area contributed by atoms with Gasteiger partial charge in [0, 0.05) is 29.7 Å². The van der Waals surface area contributed by atoms with Crippen LogP contribution < -0.4 is 11.2 Å². The Kier molecular flexibility index (Phi) is 3.85. The van der Waals surface area contributed by atoms with Gasteiger partial charge in [-0.15, -0.1) is 0 Å². The molecule has 0 spiro atoms. The summed E-state index contributed by atoms with van der Waals surface area (Å²) in [6, 6.07) is 10.2. The van der Waals surface area contributed by atoms with Crippen molar-refractivity contribution >= 4 is 16.9 Å². The molecule has 0 bridgehead atoms. The fourth-order valence-electron chi connectivity index (χ4n) is 3.22.